The maximum atomic E-state index is 6.00. The molecule has 0 fully saturated rings. The molecule has 0 saturated heterocycles. The minimum absolute atomic E-state index is 0.419. The third-order valence-electron chi connectivity index (χ3n) is 3.52. The van der Waals surface area contributed by atoms with Gasteiger partial charge in [-0.05, 0) is 71.8 Å². The number of halogens is 3. The van der Waals surface area contributed by atoms with Gasteiger partial charge in [0.15, 0.2) is 0 Å². The van der Waals surface area contributed by atoms with Crippen LogP contribution in [0, 0.1) is 0 Å². The molecule has 132 valence electrons. The predicted molar refractivity (Wildman–Crippen MR) is 110 cm³/mol. The highest BCUT2D eigenvalue weighted by molar-refractivity contribution is 6.42. The number of rotatable bonds is 6. The molecular weight excluding hydrogens is 391 g/mol. The van der Waals surface area contributed by atoms with Crippen LogP contribution in [0.1, 0.15) is 11.1 Å². The van der Waals surface area contributed by atoms with Gasteiger partial charge < -0.3 is 4.74 Å². The fraction of sp³-hybridized carbons (Fsp3) is 0.0500. The lowest BCUT2D eigenvalue weighted by molar-refractivity contribution is 0.306. The van der Waals surface area contributed by atoms with Gasteiger partial charge in [-0.3, -0.25) is 5.43 Å². The maximum Gasteiger partial charge on any atom is 0.119 e. The Hall–Kier alpha value is -2.20. The first-order valence-corrected chi connectivity index (χ1v) is 8.95. The summed E-state index contributed by atoms with van der Waals surface area (Å²) < 4.78 is 5.75. The van der Waals surface area contributed by atoms with E-state index in [1.807, 2.05) is 42.5 Å². The molecule has 1 N–H and O–H groups in total. The quantitative estimate of drug-likeness (QED) is 0.367. The fourth-order valence-electron chi connectivity index (χ4n) is 2.15. The number of hydrogen-bond acceptors (Lipinski definition) is 3. The van der Waals surface area contributed by atoms with Crippen molar-refractivity contribution in [3.05, 3.63) is 92.9 Å². The van der Waals surface area contributed by atoms with Crippen LogP contribution in [0.25, 0.3) is 0 Å². The lowest BCUT2D eigenvalue weighted by Crippen LogP contribution is -1.96. The number of hydrogen-bond donors (Lipinski definition) is 1. The highest BCUT2D eigenvalue weighted by Gasteiger charge is 2.01. The Morgan fingerprint density at radius 3 is 2.27 bits per heavy atom. The van der Waals surface area contributed by atoms with Crippen LogP contribution in [0.15, 0.2) is 71.8 Å². The number of anilines is 1. The molecule has 0 bridgehead atoms. The van der Waals surface area contributed by atoms with E-state index in [-0.39, 0.29) is 0 Å². The zero-order valence-corrected chi connectivity index (χ0v) is 15.9. The molecule has 0 aliphatic rings. The summed E-state index contributed by atoms with van der Waals surface area (Å²) >= 11 is 17.8. The molecule has 0 aliphatic carbocycles. The zero-order valence-electron chi connectivity index (χ0n) is 13.6. The van der Waals surface area contributed by atoms with E-state index in [9.17, 15) is 0 Å². The van der Waals surface area contributed by atoms with Gasteiger partial charge >= 0.3 is 0 Å². The van der Waals surface area contributed by atoms with Crippen molar-refractivity contribution in [3.63, 3.8) is 0 Å². The lowest BCUT2D eigenvalue weighted by Gasteiger charge is -2.07. The zero-order chi connectivity index (χ0) is 18.4. The Labute approximate surface area is 167 Å². The van der Waals surface area contributed by atoms with E-state index in [1.54, 1.807) is 30.5 Å². The molecule has 0 heterocycles. The first kappa shape index (κ1) is 18.6. The van der Waals surface area contributed by atoms with Gasteiger partial charge in [0.1, 0.15) is 12.4 Å². The maximum absolute atomic E-state index is 6.00. The molecule has 3 rings (SSSR count). The monoisotopic (exact) mass is 404 g/mol. The summed E-state index contributed by atoms with van der Waals surface area (Å²) in [7, 11) is 0. The van der Waals surface area contributed by atoms with Gasteiger partial charge in [0.25, 0.3) is 0 Å². The Bertz CT molecular complexity index is 894. The Balaban J connectivity index is 1.53. The molecule has 0 spiro atoms. The normalized spacial score (nSPS) is 10.9. The molecule has 3 nitrogen and oxygen atoms in total. The Morgan fingerprint density at radius 1 is 0.846 bits per heavy atom. The van der Waals surface area contributed by atoms with Crippen molar-refractivity contribution in [2.75, 3.05) is 5.43 Å². The topological polar surface area (TPSA) is 33.6 Å². The molecule has 0 radical (unpaired) electrons. The second-order valence-corrected chi connectivity index (χ2v) is 6.73. The summed E-state index contributed by atoms with van der Waals surface area (Å²) in [5, 5.41) is 5.94. The molecule has 0 unspecified atom stereocenters. The average molecular weight is 406 g/mol. The van der Waals surface area contributed by atoms with Crippen molar-refractivity contribution in [2.24, 2.45) is 5.10 Å². The van der Waals surface area contributed by atoms with Crippen LogP contribution in [0.5, 0.6) is 5.75 Å². The summed E-state index contributed by atoms with van der Waals surface area (Å²) in [6.45, 7) is 0.419. The SMILES string of the molecule is Clc1ccc(NN=Cc2ccc(OCc3ccc(Cl)c(Cl)c3)cc2)cc1. The second-order valence-electron chi connectivity index (χ2n) is 5.48. The molecule has 0 saturated carbocycles. The van der Waals surface area contributed by atoms with Gasteiger partial charge in [-0.25, -0.2) is 0 Å². The first-order valence-electron chi connectivity index (χ1n) is 7.81. The van der Waals surface area contributed by atoms with Gasteiger partial charge in [-0.1, -0.05) is 40.9 Å². The van der Waals surface area contributed by atoms with Crippen LogP contribution in [-0.2, 0) is 6.61 Å². The van der Waals surface area contributed by atoms with Crippen molar-refractivity contribution in [3.8, 4) is 5.75 Å². The van der Waals surface area contributed by atoms with E-state index in [0.717, 1.165) is 22.6 Å². The molecule has 0 aliphatic heterocycles. The summed E-state index contributed by atoms with van der Waals surface area (Å²) in [5.41, 5.74) is 5.72. The van der Waals surface area contributed by atoms with Crippen molar-refractivity contribution >= 4 is 46.7 Å². The van der Waals surface area contributed by atoms with Gasteiger partial charge in [0.2, 0.25) is 0 Å². The van der Waals surface area contributed by atoms with Crippen LogP contribution >= 0.6 is 34.8 Å². The number of hydrazone groups is 1. The summed E-state index contributed by atoms with van der Waals surface area (Å²) in [4.78, 5) is 0. The minimum atomic E-state index is 0.419. The van der Waals surface area contributed by atoms with E-state index in [2.05, 4.69) is 10.5 Å². The van der Waals surface area contributed by atoms with Gasteiger partial charge in [0, 0.05) is 5.02 Å². The van der Waals surface area contributed by atoms with Gasteiger partial charge in [0.05, 0.1) is 21.9 Å². The van der Waals surface area contributed by atoms with E-state index in [4.69, 9.17) is 39.5 Å². The third kappa shape index (κ3) is 5.40. The van der Waals surface area contributed by atoms with Crippen LogP contribution in [-0.4, -0.2) is 6.21 Å². The second kappa shape index (κ2) is 8.95. The Kier molecular flexibility index (Phi) is 6.40. The molecular formula is C20H15Cl3N2O. The van der Waals surface area contributed by atoms with Crippen LogP contribution < -0.4 is 10.2 Å². The number of nitrogens with zero attached hydrogens (tertiary/aromatic N) is 1. The summed E-state index contributed by atoms with van der Waals surface area (Å²) in [6.07, 6.45) is 1.73. The highest BCUT2D eigenvalue weighted by Crippen LogP contribution is 2.23. The van der Waals surface area contributed by atoms with Crippen molar-refractivity contribution in [1.29, 1.82) is 0 Å². The largest absolute Gasteiger partial charge is 0.489 e. The van der Waals surface area contributed by atoms with Crippen molar-refractivity contribution < 1.29 is 4.74 Å². The predicted octanol–water partition coefficient (Wildman–Crippen LogP) is 6.67. The fourth-order valence-corrected chi connectivity index (χ4v) is 2.60. The van der Waals surface area contributed by atoms with Crippen LogP contribution in [0.4, 0.5) is 5.69 Å². The molecule has 0 amide bonds. The van der Waals surface area contributed by atoms with E-state index in [0.29, 0.717) is 21.7 Å². The van der Waals surface area contributed by atoms with Crippen molar-refractivity contribution in [2.45, 2.75) is 6.61 Å². The average Bonchev–Trinajstić information content (AvgIpc) is 2.65. The van der Waals surface area contributed by atoms with Gasteiger partial charge in [-0.15, -0.1) is 0 Å². The molecule has 0 atom stereocenters. The minimum Gasteiger partial charge on any atom is -0.489 e. The molecule has 6 heteroatoms. The van der Waals surface area contributed by atoms with Crippen LogP contribution in [0.3, 0.4) is 0 Å². The van der Waals surface area contributed by atoms with E-state index < -0.39 is 0 Å². The third-order valence-corrected chi connectivity index (χ3v) is 4.51. The summed E-state index contributed by atoms with van der Waals surface area (Å²) in [6, 6.07) is 20.4. The number of ether oxygens (including phenoxy) is 1. The van der Waals surface area contributed by atoms with E-state index in [1.165, 1.54) is 0 Å². The molecule has 3 aromatic carbocycles. The summed E-state index contributed by atoms with van der Waals surface area (Å²) in [5.74, 6) is 0.763. The molecule has 26 heavy (non-hydrogen) atoms. The highest BCUT2D eigenvalue weighted by atomic mass is 35.5. The number of nitrogens with one attached hydrogen (secondary N) is 1. The standard InChI is InChI=1S/C20H15Cl3N2O/c21-16-4-6-17(7-5-16)25-24-12-14-1-8-18(9-2-14)26-13-15-3-10-19(22)20(23)11-15/h1-12,25H,13H2. The van der Waals surface area contributed by atoms with Crippen LogP contribution in [0.2, 0.25) is 15.1 Å². The van der Waals surface area contributed by atoms with Gasteiger partial charge in [-0.2, -0.15) is 5.10 Å². The smallest absolute Gasteiger partial charge is 0.119 e. The lowest BCUT2D eigenvalue weighted by atomic mass is 10.2. The Morgan fingerprint density at radius 2 is 1.58 bits per heavy atom. The van der Waals surface area contributed by atoms with E-state index >= 15 is 0 Å². The van der Waals surface area contributed by atoms with Crippen molar-refractivity contribution in [1.82, 2.24) is 0 Å². The molecule has 3 aromatic rings. The first-order chi connectivity index (χ1) is 12.6. The molecule has 0 aromatic heterocycles. The number of benzene rings is 3.